The first-order valence-corrected chi connectivity index (χ1v) is 8.81. The zero-order valence-corrected chi connectivity index (χ0v) is 13.9. The highest BCUT2D eigenvalue weighted by Gasteiger charge is 2.24. The van der Waals surface area contributed by atoms with Gasteiger partial charge >= 0.3 is 0 Å². The highest BCUT2D eigenvalue weighted by atomic mass is 16.2. The van der Waals surface area contributed by atoms with Crippen molar-refractivity contribution in [2.45, 2.75) is 58.4 Å². The van der Waals surface area contributed by atoms with Crippen molar-refractivity contribution in [3.63, 3.8) is 0 Å². The van der Waals surface area contributed by atoms with E-state index >= 15 is 0 Å². The maximum absolute atomic E-state index is 12.4. The van der Waals surface area contributed by atoms with Crippen molar-refractivity contribution in [1.29, 1.82) is 0 Å². The van der Waals surface area contributed by atoms with E-state index in [1.165, 1.54) is 30.4 Å². The molecule has 0 spiro atoms. The third-order valence-electron chi connectivity index (χ3n) is 4.92. The second-order valence-corrected chi connectivity index (χ2v) is 7.06. The third-order valence-corrected chi connectivity index (χ3v) is 4.92. The first-order valence-electron chi connectivity index (χ1n) is 8.81. The summed E-state index contributed by atoms with van der Waals surface area (Å²) in [7, 11) is 0. The van der Waals surface area contributed by atoms with Crippen molar-refractivity contribution >= 4 is 11.6 Å². The molecule has 22 heavy (non-hydrogen) atoms. The van der Waals surface area contributed by atoms with Crippen LogP contribution in [0.3, 0.4) is 0 Å². The number of amides is 1. The first-order chi connectivity index (χ1) is 10.6. The first kappa shape index (κ1) is 15.5. The molecule has 2 heterocycles. The molecule has 1 aromatic rings. The quantitative estimate of drug-likeness (QED) is 0.929. The summed E-state index contributed by atoms with van der Waals surface area (Å²) < 4.78 is 0. The predicted molar refractivity (Wildman–Crippen MR) is 91.3 cm³/mol. The average Bonchev–Trinajstić information content (AvgIpc) is 2.54. The van der Waals surface area contributed by atoms with E-state index in [9.17, 15) is 4.79 Å². The van der Waals surface area contributed by atoms with Crippen LogP contribution in [-0.2, 0) is 17.6 Å². The van der Waals surface area contributed by atoms with Crippen LogP contribution in [0.2, 0.25) is 0 Å². The molecule has 3 heteroatoms. The van der Waals surface area contributed by atoms with E-state index < -0.39 is 0 Å². The Hall–Kier alpha value is -1.35. The van der Waals surface area contributed by atoms with E-state index in [1.54, 1.807) is 0 Å². The van der Waals surface area contributed by atoms with Gasteiger partial charge in [-0.25, -0.2) is 0 Å². The zero-order valence-electron chi connectivity index (χ0n) is 13.9. The number of piperidine rings is 1. The van der Waals surface area contributed by atoms with Gasteiger partial charge in [-0.2, -0.15) is 0 Å². The van der Waals surface area contributed by atoms with Gasteiger partial charge in [0.15, 0.2) is 0 Å². The lowest BCUT2D eigenvalue weighted by molar-refractivity contribution is -0.121. The zero-order chi connectivity index (χ0) is 15.5. The van der Waals surface area contributed by atoms with Gasteiger partial charge in [0.1, 0.15) is 0 Å². The van der Waals surface area contributed by atoms with Crippen LogP contribution in [-0.4, -0.2) is 25.0 Å². The van der Waals surface area contributed by atoms with Crippen LogP contribution in [0.4, 0.5) is 5.69 Å². The van der Waals surface area contributed by atoms with Crippen LogP contribution in [0.5, 0.6) is 0 Å². The minimum absolute atomic E-state index is 0.0667. The number of anilines is 1. The Morgan fingerprint density at radius 2 is 2.18 bits per heavy atom. The van der Waals surface area contributed by atoms with Crippen LogP contribution < -0.4 is 10.2 Å². The molecule has 3 nitrogen and oxygen atoms in total. The van der Waals surface area contributed by atoms with Gasteiger partial charge in [0.05, 0.1) is 0 Å². The lowest BCUT2D eigenvalue weighted by Gasteiger charge is -2.31. The Bertz CT molecular complexity index is 532. The molecular weight excluding hydrogens is 272 g/mol. The molecule has 1 aromatic carbocycles. The van der Waals surface area contributed by atoms with Crippen molar-refractivity contribution < 1.29 is 4.79 Å². The summed E-state index contributed by atoms with van der Waals surface area (Å²) in [5, 5.41) is 3.63. The van der Waals surface area contributed by atoms with Crippen LogP contribution in [0, 0.1) is 5.92 Å². The lowest BCUT2D eigenvalue weighted by atomic mass is 9.93. The SMILES string of the molecule is CC(C)C(=O)N1CCCc2cc(CC3CCCCN3)ccc21. The van der Waals surface area contributed by atoms with Gasteiger partial charge in [0.25, 0.3) is 0 Å². The Morgan fingerprint density at radius 3 is 2.91 bits per heavy atom. The monoisotopic (exact) mass is 300 g/mol. The number of aryl methyl sites for hydroxylation is 1. The fourth-order valence-corrected chi connectivity index (χ4v) is 3.70. The molecule has 1 fully saturated rings. The van der Waals surface area contributed by atoms with Crippen LogP contribution in [0.1, 0.15) is 50.7 Å². The number of rotatable bonds is 3. The van der Waals surface area contributed by atoms with Gasteiger partial charge in [-0.05, 0) is 55.8 Å². The fraction of sp³-hybridized carbons (Fsp3) is 0.632. The molecule has 1 unspecified atom stereocenters. The van der Waals surface area contributed by atoms with E-state index in [-0.39, 0.29) is 11.8 Å². The normalized spacial score (nSPS) is 21.8. The molecule has 3 rings (SSSR count). The topological polar surface area (TPSA) is 32.3 Å². The highest BCUT2D eigenvalue weighted by Crippen LogP contribution is 2.30. The second kappa shape index (κ2) is 6.82. The standard InChI is InChI=1S/C19H28N2O/c1-14(2)19(22)21-11-5-6-16-12-15(8-9-18(16)21)13-17-7-3-4-10-20-17/h8-9,12,14,17,20H,3-7,10-11,13H2,1-2H3. The second-order valence-electron chi connectivity index (χ2n) is 7.06. The average molecular weight is 300 g/mol. The lowest BCUT2D eigenvalue weighted by Crippen LogP contribution is -2.38. The number of benzene rings is 1. The molecule has 1 atom stereocenters. The summed E-state index contributed by atoms with van der Waals surface area (Å²) in [6.45, 7) is 6.00. The van der Waals surface area contributed by atoms with Crippen LogP contribution in [0.15, 0.2) is 18.2 Å². The van der Waals surface area contributed by atoms with E-state index in [0.717, 1.165) is 38.0 Å². The van der Waals surface area contributed by atoms with E-state index in [4.69, 9.17) is 0 Å². The Labute approximate surface area is 134 Å². The van der Waals surface area contributed by atoms with Gasteiger partial charge in [0, 0.05) is 24.2 Å². The molecule has 0 radical (unpaired) electrons. The van der Waals surface area contributed by atoms with Gasteiger partial charge in [-0.15, -0.1) is 0 Å². The molecule has 1 saturated heterocycles. The fourth-order valence-electron chi connectivity index (χ4n) is 3.70. The van der Waals surface area contributed by atoms with Gasteiger partial charge in [0.2, 0.25) is 5.91 Å². The third kappa shape index (κ3) is 3.35. The van der Waals surface area contributed by atoms with E-state index in [0.29, 0.717) is 6.04 Å². The Balaban J connectivity index is 1.76. The summed E-state index contributed by atoms with van der Waals surface area (Å²) >= 11 is 0. The number of nitrogens with zero attached hydrogens (tertiary/aromatic N) is 1. The van der Waals surface area contributed by atoms with Crippen molar-refractivity contribution in [3.8, 4) is 0 Å². The molecule has 2 aliphatic heterocycles. The summed E-state index contributed by atoms with van der Waals surface area (Å²) in [6.07, 6.45) is 7.24. The maximum atomic E-state index is 12.4. The molecule has 120 valence electrons. The summed E-state index contributed by atoms with van der Waals surface area (Å²) in [5.41, 5.74) is 3.91. The molecule has 1 amide bonds. The van der Waals surface area contributed by atoms with E-state index in [2.05, 4.69) is 23.5 Å². The van der Waals surface area contributed by atoms with E-state index in [1.807, 2.05) is 18.7 Å². The summed E-state index contributed by atoms with van der Waals surface area (Å²) in [5.74, 6) is 0.319. The number of hydrogen-bond acceptors (Lipinski definition) is 2. The maximum Gasteiger partial charge on any atom is 0.229 e. The van der Waals surface area contributed by atoms with Gasteiger partial charge in [-0.1, -0.05) is 32.4 Å². The molecule has 0 bridgehead atoms. The number of nitrogens with one attached hydrogen (secondary N) is 1. The smallest absolute Gasteiger partial charge is 0.229 e. The summed E-state index contributed by atoms with van der Waals surface area (Å²) in [4.78, 5) is 14.4. The van der Waals surface area contributed by atoms with Crippen LogP contribution in [0.25, 0.3) is 0 Å². The number of fused-ring (bicyclic) bond motifs is 1. The van der Waals surface area contributed by atoms with Crippen LogP contribution >= 0.6 is 0 Å². The minimum atomic E-state index is 0.0667. The van der Waals surface area contributed by atoms with Crippen molar-refractivity contribution in [2.75, 3.05) is 18.0 Å². The molecule has 2 aliphatic rings. The minimum Gasteiger partial charge on any atom is -0.314 e. The number of carbonyl (C=O) groups is 1. The number of carbonyl (C=O) groups excluding carboxylic acids is 1. The van der Waals surface area contributed by atoms with Crippen molar-refractivity contribution in [2.24, 2.45) is 5.92 Å². The molecule has 1 N–H and O–H groups in total. The molecular formula is C19H28N2O. The highest BCUT2D eigenvalue weighted by molar-refractivity contribution is 5.95. The van der Waals surface area contributed by atoms with Gasteiger partial charge in [-0.3, -0.25) is 4.79 Å². The summed E-state index contributed by atoms with van der Waals surface area (Å²) in [6, 6.07) is 7.36. The van der Waals surface area contributed by atoms with Crippen molar-refractivity contribution in [1.82, 2.24) is 5.32 Å². The Kier molecular flexibility index (Phi) is 4.82. The predicted octanol–water partition coefficient (Wildman–Crippen LogP) is 3.31. The largest absolute Gasteiger partial charge is 0.314 e. The molecule has 0 saturated carbocycles. The molecule has 0 aromatic heterocycles. The Morgan fingerprint density at radius 1 is 1.32 bits per heavy atom. The van der Waals surface area contributed by atoms with Gasteiger partial charge < -0.3 is 10.2 Å². The van der Waals surface area contributed by atoms with Crippen molar-refractivity contribution in [3.05, 3.63) is 29.3 Å². The molecule has 0 aliphatic carbocycles. The number of hydrogen-bond donors (Lipinski definition) is 1.